The molecular formula is C23H25N5OS. The number of hydrogen-bond donors (Lipinski definition) is 1. The minimum Gasteiger partial charge on any atom is -0.311 e. The molecule has 0 aliphatic heterocycles. The van der Waals surface area contributed by atoms with Gasteiger partial charge in [-0.1, -0.05) is 18.8 Å². The van der Waals surface area contributed by atoms with Crippen molar-refractivity contribution in [3.8, 4) is 23.1 Å². The molecule has 1 atom stereocenters. The largest absolute Gasteiger partial charge is 0.311 e. The van der Waals surface area contributed by atoms with Crippen LogP contribution in [0.3, 0.4) is 0 Å². The van der Waals surface area contributed by atoms with E-state index in [4.69, 9.17) is 0 Å². The minimum absolute atomic E-state index is 0.657. The van der Waals surface area contributed by atoms with E-state index in [2.05, 4.69) is 42.4 Å². The number of pyridine rings is 2. The van der Waals surface area contributed by atoms with Gasteiger partial charge in [0, 0.05) is 44.7 Å². The van der Waals surface area contributed by atoms with Crippen LogP contribution in [0.15, 0.2) is 30.7 Å². The highest BCUT2D eigenvalue weighted by atomic mass is 32.2. The van der Waals surface area contributed by atoms with E-state index in [1.165, 1.54) is 0 Å². The molecule has 0 aliphatic carbocycles. The predicted octanol–water partition coefficient (Wildman–Crippen LogP) is 3.49. The Bertz CT molecular complexity index is 1250. The Balaban J connectivity index is 2.11. The van der Waals surface area contributed by atoms with E-state index in [1.54, 1.807) is 18.8 Å². The van der Waals surface area contributed by atoms with Gasteiger partial charge in [-0.25, -0.2) is 14.2 Å². The van der Waals surface area contributed by atoms with Crippen LogP contribution in [0, 0.1) is 32.6 Å². The van der Waals surface area contributed by atoms with Gasteiger partial charge in [-0.2, -0.15) is 0 Å². The molecule has 1 N–H and O–H groups in total. The molecule has 0 fully saturated rings. The molecule has 3 rings (SSSR count). The summed E-state index contributed by atoms with van der Waals surface area (Å²) >= 11 is 0. The monoisotopic (exact) mass is 419 g/mol. The third-order valence-corrected chi connectivity index (χ3v) is 5.01. The first-order valence-corrected chi connectivity index (χ1v) is 11.7. The minimum atomic E-state index is -2.41. The maximum atomic E-state index is 12.0. The number of nitrogens with zero attached hydrogens (tertiary/aromatic N) is 4. The van der Waals surface area contributed by atoms with Crippen molar-refractivity contribution < 1.29 is 4.21 Å². The van der Waals surface area contributed by atoms with Crippen molar-refractivity contribution in [2.24, 2.45) is 0 Å². The zero-order chi connectivity index (χ0) is 21.9. The van der Waals surface area contributed by atoms with E-state index >= 15 is 0 Å². The van der Waals surface area contributed by atoms with Gasteiger partial charge in [0.2, 0.25) is 0 Å². The SMILES string of the molecule is C=S(C)(=O)Nc1cc(C#Cc2c(CC)ncnc2-c2cc(C)nc(C)c2)cnc1C. The van der Waals surface area contributed by atoms with Gasteiger partial charge in [0.15, 0.2) is 0 Å². The van der Waals surface area contributed by atoms with Crippen LogP contribution in [0.25, 0.3) is 11.3 Å². The first kappa shape index (κ1) is 21.5. The second kappa shape index (κ2) is 8.64. The molecule has 0 aromatic carbocycles. The number of aryl methyl sites for hydroxylation is 4. The first-order chi connectivity index (χ1) is 14.2. The topological polar surface area (TPSA) is 80.7 Å². The Hall–Kier alpha value is -3.24. The number of hydrogen-bond acceptors (Lipinski definition) is 5. The standard InChI is InChI=1S/C23H25N5OS/c1-7-21-20(23(26-14-25-21)19-10-15(2)27-16(3)11-19)9-8-18-12-22(17(4)24-13-18)28-30(5,6)29/h10-14H,5,7H2,1-4,6H3,(H,28,29). The number of rotatable bonds is 4. The van der Waals surface area contributed by atoms with Crippen LogP contribution in [-0.2, 0) is 16.1 Å². The van der Waals surface area contributed by atoms with Crippen LogP contribution >= 0.6 is 0 Å². The highest BCUT2D eigenvalue weighted by Crippen LogP contribution is 2.24. The molecule has 3 aromatic rings. The van der Waals surface area contributed by atoms with Crippen molar-refractivity contribution in [1.82, 2.24) is 19.9 Å². The fraction of sp³-hybridized carbons (Fsp3) is 0.261. The van der Waals surface area contributed by atoms with E-state index in [-0.39, 0.29) is 0 Å². The maximum absolute atomic E-state index is 12.0. The van der Waals surface area contributed by atoms with Gasteiger partial charge in [-0.05, 0) is 51.3 Å². The van der Waals surface area contributed by atoms with Crippen LogP contribution in [0.2, 0.25) is 0 Å². The van der Waals surface area contributed by atoms with E-state index in [0.717, 1.165) is 46.0 Å². The predicted molar refractivity (Wildman–Crippen MR) is 124 cm³/mol. The Labute approximate surface area is 178 Å². The summed E-state index contributed by atoms with van der Waals surface area (Å²) in [5, 5.41) is 0. The van der Waals surface area contributed by atoms with Gasteiger partial charge in [0.25, 0.3) is 0 Å². The quantitative estimate of drug-likeness (QED) is 0.517. The molecule has 0 spiro atoms. The molecule has 0 radical (unpaired) electrons. The summed E-state index contributed by atoms with van der Waals surface area (Å²) < 4.78 is 14.9. The smallest absolute Gasteiger partial charge is 0.116 e. The first-order valence-electron chi connectivity index (χ1n) is 9.54. The molecule has 7 heteroatoms. The van der Waals surface area contributed by atoms with Crippen LogP contribution in [0.5, 0.6) is 0 Å². The van der Waals surface area contributed by atoms with Crippen LogP contribution in [0.1, 0.15) is 40.8 Å². The maximum Gasteiger partial charge on any atom is 0.116 e. The number of nitrogens with one attached hydrogen (secondary N) is 1. The van der Waals surface area contributed by atoms with E-state index in [0.29, 0.717) is 11.3 Å². The normalized spacial score (nSPS) is 12.6. The third-order valence-electron chi connectivity index (χ3n) is 4.36. The van der Waals surface area contributed by atoms with E-state index in [1.807, 2.05) is 45.9 Å². The molecule has 0 amide bonds. The Kier molecular flexibility index (Phi) is 6.18. The summed E-state index contributed by atoms with van der Waals surface area (Å²) in [5.41, 5.74) is 7.37. The summed E-state index contributed by atoms with van der Waals surface area (Å²) in [7, 11) is -2.41. The van der Waals surface area contributed by atoms with Crippen molar-refractivity contribution in [2.75, 3.05) is 11.0 Å². The van der Waals surface area contributed by atoms with Gasteiger partial charge in [0.05, 0.1) is 28.3 Å². The average Bonchev–Trinajstić information content (AvgIpc) is 2.66. The van der Waals surface area contributed by atoms with Crippen molar-refractivity contribution in [3.05, 3.63) is 64.6 Å². The van der Waals surface area contributed by atoms with Crippen LogP contribution in [0.4, 0.5) is 5.69 Å². The molecule has 0 saturated carbocycles. The zero-order valence-electron chi connectivity index (χ0n) is 17.9. The summed E-state index contributed by atoms with van der Waals surface area (Å²) in [4.78, 5) is 17.7. The molecule has 30 heavy (non-hydrogen) atoms. The molecule has 154 valence electrons. The number of anilines is 1. The van der Waals surface area contributed by atoms with Crippen LogP contribution in [-0.4, -0.2) is 36.3 Å². The summed E-state index contributed by atoms with van der Waals surface area (Å²) in [6.45, 7) is 7.81. The number of aromatic nitrogens is 4. The Morgan fingerprint density at radius 2 is 1.77 bits per heavy atom. The van der Waals surface area contributed by atoms with Gasteiger partial charge >= 0.3 is 0 Å². The molecule has 6 nitrogen and oxygen atoms in total. The van der Waals surface area contributed by atoms with Gasteiger partial charge in [-0.3, -0.25) is 9.97 Å². The molecular weight excluding hydrogens is 394 g/mol. The third kappa shape index (κ3) is 5.22. The molecule has 0 saturated heterocycles. The van der Waals surface area contributed by atoms with Crippen LogP contribution < -0.4 is 4.72 Å². The molecule has 3 heterocycles. The lowest BCUT2D eigenvalue weighted by atomic mass is 10.0. The Morgan fingerprint density at radius 3 is 2.40 bits per heavy atom. The molecule has 0 bridgehead atoms. The Morgan fingerprint density at radius 1 is 1.07 bits per heavy atom. The zero-order valence-corrected chi connectivity index (χ0v) is 18.7. The second-order valence-corrected chi connectivity index (χ2v) is 9.46. The van der Waals surface area contributed by atoms with Gasteiger partial charge < -0.3 is 4.72 Å². The van der Waals surface area contributed by atoms with Gasteiger partial charge in [0.1, 0.15) is 6.33 Å². The fourth-order valence-corrected chi connectivity index (χ4v) is 3.76. The van der Waals surface area contributed by atoms with E-state index < -0.39 is 9.71 Å². The lowest BCUT2D eigenvalue weighted by Crippen LogP contribution is -2.11. The van der Waals surface area contributed by atoms with E-state index in [9.17, 15) is 4.21 Å². The molecule has 1 unspecified atom stereocenters. The average molecular weight is 420 g/mol. The summed E-state index contributed by atoms with van der Waals surface area (Å²) in [6.07, 6.45) is 5.56. The van der Waals surface area contributed by atoms with Crippen molar-refractivity contribution >= 4 is 21.3 Å². The van der Waals surface area contributed by atoms with Gasteiger partial charge in [-0.15, -0.1) is 0 Å². The lowest BCUT2D eigenvalue weighted by Gasteiger charge is -2.10. The summed E-state index contributed by atoms with van der Waals surface area (Å²) in [6, 6.07) is 5.84. The lowest BCUT2D eigenvalue weighted by molar-refractivity contribution is 0.688. The highest BCUT2D eigenvalue weighted by Gasteiger charge is 2.12. The van der Waals surface area contributed by atoms with Crippen molar-refractivity contribution in [2.45, 2.75) is 34.1 Å². The highest BCUT2D eigenvalue weighted by molar-refractivity contribution is 8.00. The summed E-state index contributed by atoms with van der Waals surface area (Å²) in [5.74, 6) is 10.1. The van der Waals surface area contributed by atoms with Crippen molar-refractivity contribution in [3.63, 3.8) is 0 Å². The molecule has 0 aliphatic rings. The fourth-order valence-electron chi connectivity index (χ4n) is 3.08. The van der Waals surface area contributed by atoms with Crippen molar-refractivity contribution in [1.29, 1.82) is 0 Å². The second-order valence-electron chi connectivity index (χ2n) is 7.25. The molecule has 3 aromatic heterocycles.